The van der Waals surface area contributed by atoms with Crippen LogP contribution in [0, 0.1) is 11.8 Å². The Bertz CT molecular complexity index is 203. The molecule has 0 N–H and O–H groups in total. The van der Waals surface area contributed by atoms with Gasteiger partial charge in [0.1, 0.15) is 5.83 Å². The van der Waals surface area contributed by atoms with Gasteiger partial charge < -0.3 is 0 Å². The average Bonchev–Trinajstić information content (AvgIpc) is 2.14. The summed E-state index contributed by atoms with van der Waals surface area (Å²) in [6.07, 6.45) is 9.59. The molecule has 0 fully saturated rings. The van der Waals surface area contributed by atoms with E-state index in [-0.39, 0.29) is 5.83 Å². The maximum absolute atomic E-state index is 13.3. The fourth-order valence-electron chi connectivity index (χ4n) is 1.87. The molecule has 0 heterocycles. The maximum atomic E-state index is 13.3. The molecule has 2 atom stereocenters. The van der Waals surface area contributed by atoms with Gasteiger partial charge in [-0.15, -0.1) is 0 Å². The van der Waals surface area contributed by atoms with Gasteiger partial charge >= 0.3 is 0 Å². The van der Waals surface area contributed by atoms with Gasteiger partial charge in [0.25, 0.3) is 0 Å². The molecule has 0 nitrogen and oxygen atoms in total. The Morgan fingerprint density at radius 3 is 2.47 bits per heavy atom. The van der Waals surface area contributed by atoms with E-state index < -0.39 is 0 Å². The van der Waals surface area contributed by atoms with E-state index in [1.54, 1.807) is 12.2 Å². The van der Waals surface area contributed by atoms with Gasteiger partial charge in [-0.25, -0.2) is 4.39 Å². The highest BCUT2D eigenvalue weighted by molar-refractivity contribution is 5.11. The molecule has 0 radical (unpaired) electrons. The van der Waals surface area contributed by atoms with Crippen molar-refractivity contribution in [2.24, 2.45) is 11.8 Å². The van der Waals surface area contributed by atoms with Crippen molar-refractivity contribution in [1.29, 1.82) is 0 Å². The number of halogens is 1. The normalized spacial score (nSPS) is 17.0. The molecule has 88 valence electrons. The van der Waals surface area contributed by atoms with Crippen LogP contribution in [0.1, 0.15) is 53.4 Å². The van der Waals surface area contributed by atoms with Crippen LogP contribution < -0.4 is 0 Å². The summed E-state index contributed by atoms with van der Waals surface area (Å²) >= 11 is 0. The molecule has 0 aliphatic heterocycles. The first-order chi connectivity index (χ1) is 7.10. The molecule has 0 bridgehead atoms. The summed E-state index contributed by atoms with van der Waals surface area (Å²) in [6.45, 7) is 8.54. The minimum atomic E-state index is -0.0898. The Morgan fingerprint density at radius 1 is 1.27 bits per heavy atom. The standard InChI is InChI=1S/C14H25F/c1-5-7-9-14(15)11-13(4)10-12(3)8-6-2/h7,9,11-13H,5-6,8,10H2,1-4H3/b9-7-,14-11+. The quantitative estimate of drug-likeness (QED) is 0.504. The van der Waals surface area contributed by atoms with Crippen molar-refractivity contribution >= 4 is 0 Å². The van der Waals surface area contributed by atoms with Crippen LogP contribution in [0.4, 0.5) is 4.39 Å². The van der Waals surface area contributed by atoms with Gasteiger partial charge in [0.15, 0.2) is 0 Å². The highest BCUT2D eigenvalue weighted by Crippen LogP contribution is 2.19. The lowest BCUT2D eigenvalue weighted by molar-refractivity contribution is 0.430. The first kappa shape index (κ1) is 14.4. The molecule has 0 aromatic heterocycles. The summed E-state index contributed by atoms with van der Waals surface area (Å²) < 4.78 is 13.3. The largest absolute Gasteiger partial charge is 0.207 e. The molecule has 0 aromatic rings. The number of hydrogen-bond donors (Lipinski definition) is 0. The molecule has 1 heteroatoms. The fourth-order valence-corrected chi connectivity index (χ4v) is 1.87. The van der Waals surface area contributed by atoms with E-state index in [0.717, 1.165) is 12.8 Å². The third kappa shape index (κ3) is 8.41. The SMILES string of the molecule is CC/C=C\C(F)=C/C(C)CC(C)CCC. The van der Waals surface area contributed by atoms with Crippen LogP contribution in [-0.2, 0) is 0 Å². The van der Waals surface area contributed by atoms with E-state index >= 15 is 0 Å². The second-order valence-electron chi connectivity index (χ2n) is 4.47. The Kier molecular flexibility index (Phi) is 8.35. The molecule has 15 heavy (non-hydrogen) atoms. The predicted molar refractivity (Wildman–Crippen MR) is 66.5 cm³/mol. The Balaban J connectivity index is 3.99. The minimum absolute atomic E-state index is 0.0898. The molecule has 0 aliphatic rings. The van der Waals surface area contributed by atoms with Crippen molar-refractivity contribution in [1.82, 2.24) is 0 Å². The van der Waals surface area contributed by atoms with Crippen molar-refractivity contribution in [3.8, 4) is 0 Å². The molecule has 2 unspecified atom stereocenters. The maximum Gasteiger partial charge on any atom is 0.119 e. The highest BCUT2D eigenvalue weighted by atomic mass is 19.1. The summed E-state index contributed by atoms with van der Waals surface area (Å²) in [6, 6.07) is 0. The molecule has 0 saturated heterocycles. The van der Waals surface area contributed by atoms with E-state index in [1.807, 2.05) is 13.0 Å². The zero-order chi connectivity index (χ0) is 11.7. The predicted octanol–water partition coefficient (Wildman–Crippen LogP) is 5.27. The van der Waals surface area contributed by atoms with Crippen LogP contribution in [0.25, 0.3) is 0 Å². The first-order valence-corrected chi connectivity index (χ1v) is 6.13. The van der Waals surface area contributed by atoms with Crippen LogP contribution in [-0.4, -0.2) is 0 Å². The molecule has 0 aliphatic carbocycles. The summed E-state index contributed by atoms with van der Waals surface area (Å²) in [5, 5.41) is 0. The monoisotopic (exact) mass is 212 g/mol. The van der Waals surface area contributed by atoms with Gasteiger partial charge in [-0.3, -0.25) is 0 Å². The second-order valence-corrected chi connectivity index (χ2v) is 4.47. The second kappa shape index (κ2) is 8.70. The van der Waals surface area contributed by atoms with E-state index in [4.69, 9.17) is 0 Å². The molecule has 0 aromatic carbocycles. The van der Waals surface area contributed by atoms with Gasteiger partial charge in [0.05, 0.1) is 0 Å². The van der Waals surface area contributed by atoms with E-state index in [2.05, 4.69) is 20.8 Å². The van der Waals surface area contributed by atoms with Crippen molar-refractivity contribution in [3.63, 3.8) is 0 Å². The van der Waals surface area contributed by atoms with E-state index in [9.17, 15) is 4.39 Å². The third-order valence-electron chi connectivity index (χ3n) is 2.51. The molecule has 0 saturated carbocycles. The summed E-state index contributed by atoms with van der Waals surface area (Å²) in [5.41, 5.74) is 0. The summed E-state index contributed by atoms with van der Waals surface area (Å²) in [5.74, 6) is 0.949. The van der Waals surface area contributed by atoms with Crippen molar-refractivity contribution in [2.45, 2.75) is 53.4 Å². The van der Waals surface area contributed by atoms with Gasteiger partial charge in [0.2, 0.25) is 0 Å². The minimum Gasteiger partial charge on any atom is -0.207 e. The third-order valence-corrected chi connectivity index (χ3v) is 2.51. The van der Waals surface area contributed by atoms with Crippen LogP contribution in [0.2, 0.25) is 0 Å². The van der Waals surface area contributed by atoms with Gasteiger partial charge in [-0.1, -0.05) is 46.6 Å². The Labute approximate surface area is 94.3 Å². The first-order valence-electron chi connectivity index (χ1n) is 6.13. The molecule has 0 amide bonds. The average molecular weight is 212 g/mol. The summed E-state index contributed by atoms with van der Waals surface area (Å²) in [4.78, 5) is 0. The highest BCUT2D eigenvalue weighted by Gasteiger charge is 2.06. The Hall–Kier alpha value is -0.590. The van der Waals surface area contributed by atoms with Crippen molar-refractivity contribution in [3.05, 3.63) is 24.1 Å². The zero-order valence-electron chi connectivity index (χ0n) is 10.6. The smallest absolute Gasteiger partial charge is 0.119 e. The molecular formula is C14H25F. The number of allylic oxidation sites excluding steroid dienone is 4. The fraction of sp³-hybridized carbons (Fsp3) is 0.714. The number of hydrogen-bond acceptors (Lipinski definition) is 0. The molecular weight excluding hydrogens is 187 g/mol. The summed E-state index contributed by atoms with van der Waals surface area (Å²) in [7, 11) is 0. The van der Waals surface area contributed by atoms with E-state index in [1.165, 1.54) is 12.8 Å². The van der Waals surface area contributed by atoms with Crippen LogP contribution >= 0.6 is 0 Å². The van der Waals surface area contributed by atoms with Crippen LogP contribution in [0.5, 0.6) is 0 Å². The molecule has 0 spiro atoms. The molecule has 0 rings (SSSR count). The van der Waals surface area contributed by atoms with Crippen LogP contribution in [0.3, 0.4) is 0 Å². The van der Waals surface area contributed by atoms with Gasteiger partial charge in [0, 0.05) is 0 Å². The van der Waals surface area contributed by atoms with Crippen molar-refractivity contribution < 1.29 is 4.39 Å². The van der Waals surface area contributed by atoms with E-state index in [0.29, 0.717) is 11.8 Å². The lowest BCUT2D eigenvalue weighted by Gasteiger charge is -2.13. The topological polar surface area (TPSA) is 0 Å². The Morgan fingerprint density at radius 2 is 1.93 bits per heavy atom. The lowest BCUT2D eigenvalue weighted by Crippen LogP contribution is -2.00. The van der Waals surface area contributed by atoms with Crippen molar-refractivity contribution in [2.75, 3.05) is 0 Å². The van der Waals surface area contributed by atoms with Gasteiger partial charge in [-0.05, 0) is 36.8 Å². The lowest BCUT2D eigenvalue weighted by atomic mass is 9.93. The zero-order valence-corrected chi connectivity index (χ0v) is 10.6. The van der Waals surface area contributed by atoms with Gasteiger partial charge in [-0.2, -0.15) is 0 Å². The van der Waals surface area contributed by atoms with Crippen LogP contribution in [0.15, 0.2) is 24.1 Å². The number of rotatable bonds is 7.